The lowest BCUT2D eigenvalue weighted by Gasteiger charge is -2.13. The molecule has 0 atom stereocenters. The molecule has 0 bridgehead atoms. The summed E-state index contributed by atoms with van der Waals surface area (Å²) in [5, 5.41) is 4.55. The Balaban J connectivity index is 1.84. The standard InChI is InChI=1S/C22H21N3OS/c1-15(2)25-21(14-27-22(25)24-19-5-4-10-23-13-19)18-7-6-17-12-20(26-3)9-8-16(17)11-18/h4-15H,1-3H3. The van der Waals surface area contributed by atoms with Crippen molar-refractivity contribution in [1.82, 2.24) is 9.55 Å². The Bertz CT molecular complexity index is 1140. The SMILES string of the molecule is COc1ccc2cc(-c3csc(=Nc4cccnc4)n3C(C)C)ccc2c1. The van der Waals surface area contributed by atoms with Crippen molar-refractivity contribution in [2.24, 2.45) is 4.99 Å². The molecule has 0 amide bonds. The molecule has 0 aliphatic carbocycles. The number of ether oxygens (including phenoxy) is 1. The smallest absolute Gasteiger partial charge is 0.190 e. The highest BCUT2D eigenvalue weighted by molar-refractivity contribution is 7.07. The maximum Gasteiger partial charge on any atom is 0.190 e. The number of benzene rings is 2. The molecule has 2 aromatic carbocycles. The molecule has 0 aliphatic rings. The Hall–Kier alpha value is -2.92. The van der Waals surface area contributed by atoms with Crippen molar-refractivity contribution in [3.8, 4) is 17.0 Å². The third kappa shape index (κ3) is 3.51. The van der Waals surface area contributed by atoms with Gasteiger partial charge in [0.2, 0.25) is 0 Å². The van der Waals surface area contributed by atoms with E-state index in [2.05, 4.69) is 59.1 Å². The molecule has 27 heavy (non-hydrogen) atoms. The maximum absolute atomic E-state index is 5.33. The van der Waals surface area contributed by atoms with Crippen LogP contribution < -0.4 is 9.54 Å². The van der Waals surface area contributed by atoms with Crippen LogP contribution in [0.2, 0.25) is 0 Å². The van der Waals surface area contributed by atoms with Crippen molar-refractivity contribution in [2.45, 2.75) is 19.9 Å². The molecule has 136 valence electrons. The molecule has 0 fully saturated rings. The van der Waals surface area contributed by atoms with Gasteiger partial charge in [-0.1, -0.05) is 18.2 Å². The first-order valence-corrected chi connectivity index (χ1v) is 9.76. The van der Waals surface area contributed by atoms with Crippen molar-refractivity contribution in [2.75, 3.05) is 7.11 Å². The molecule has 0 saturated carbocycles. The van der Waals surface area contributed by atoms with E-state index < -0.39 is 0 Å². The molecule has 2 aromatic heterocycles. The summed E-state index contributed by atoms with van der Waals surface area (Å²) < 4.78 is 7.61. The number of methoxy groups -OCH3 is 1. The van der Waals surface area contributed by atoms with Crippen LogP contribution in [0.4, 0.5) is 5.69 Å². The molecule has 0 aliphatic heterocycles. The average molecular weight is 375 g/mol. The quantitative estimate of drug-likeness (QED) is 0.467. The second-order valence-electron chi connectivity index (χ2n) is 6.62. The van der Waals surface area contributed by atoms with Crippen LogP contribution in [-0.4, -0.2) is 16.7 Å². The molecule has 2 heterocycles. The molecule has 4 rings (SSSR count). The number of pyridine rings is 1. The highest BCUT2D eigenvalue weighted by Crippen LogP contribution is 2.29. The van der Waals surface area contributed by atoms with Crippen LogP contribution in [0.1, 0.15) is 19.9 Å². The number of hydrogen-bond donors (Lipinski definition) is 0. The maximum atomic E-state index is 5.33. The largest absolute Gasteiger partial charge is 0.497 e. The van der Waals surface area contributed by atoms with Crippen molar-refractivity contribution in [3.05, 3.63) is 71.1 Å². The van der Waals surface area contributed by atoms with Crippen LogP contribution in [-0.2, 0) is 0 Å². The van der Waals surface area contributed by atoms with Gasteiger partial charge in [-0.15, -0.1) is 11.3 Å². The summed E-state index contributed by atoms with van der Waals surface area (Å²) in [7, 11) is 1.69. The van der Waals surface area contributed by atoms with Crippen LogP contribution in [0.3, 0.4) is 0 Å². The van der Waals surface area contributed by atoms with Crippen molar-refractivity contribution in [3.63, 3.8) is 0 Å². The zero-order valence-corrected chi connectivity index (χ0v) is 16.4. The molecule has 0 N–H and O–H groups in total. The first-order valence-electron chi connectivity index (χ1n) is 8.88. The number of hydrogen-bond acceptors (Lipinski definition) is 4. The lowest BCUT2D eigenvalue weighted by atomic mass is 10.0. The predicted molar refractivity (Wildman–Crippen MR) is 112 cm³/mol. The zero-order valence-electron chi connectivity index (χ0n) is 15.6. The fourth-order valence-corrected chi connectivity index (χ4v) is 4.20. The average Bonchev–Trinajstić information content (AvgIpc) is 3.11. The van der Waals surface area contributed by atoms with Gasteiger partial charge in [0.15, 0.2) is 4.80 Å². The molecule has 0 saturated heterocycles. The van der Waals surface area contributed by atoms with Crippen molar-refractivity contribution < 1.29 is 4.74 Å². The van der Waals surface area contributed by atoms with Gasteiger partial charge >= 0.3 is 0 Å². The molecule has 4 aromatic rings. The van der Waals surface area contributed by atoms with E-state index in [9.17, 15) is 0 Å². The molecule has 0 unspecified atom stereocenters. The van der Waals surface area contributed by atoms with Gasteiger partial charge in [0.25, 0.3) is 0 Å². The monoisotopic (exact) mass is 375 g/mol. The van der Waals surface area contributed by atoms with E-state index in [0.29, 0.717) is 6.04 Å². The summed E-state index contributed by atoms with van der Waals surface area (Å²) in [6.07, 6.45) is 3.55. The van der Waals surface area contributed by atoms with Crippen molar-refractivity contribution >= 4 is 27.8 Å². The first kappa shape index (κ1) is 17.5. The summed E-state index contributed by atoms with van der Waals surface area (Å²) in [5.41, 5.74) is 3.23. The van der Waals surface area contributed by atoms with Crippen LogP contribution in [0.15, 0.2) is 71.3 Å². The first-order chi connectivity index (χ1) is 13.2. The lowest BCUT2D eigenvalue weighted by molar-refractivity contribution is 0.415. The zero-order chi connectivity index (χ0) is 18.8. The lowest BCUT2D eigenvalue weighted by Crippen LogP contribution is -2.17. The van der Waals surface area contributed by atoms with Gasteiger partial charge in [0, 0.05) is 17.6 Å². The molecule has 0 spiro atoms. The second kappa shape index (κ2) is 7.37. The minimum atomic E-state index is 0.299. The van der Waals surface area contributed by atoms with Crippen LogP contribution in [0.5, 0.6) is 5.75 Å². The minimum Gasteiger partial charge on any atom is -0.497 e. The number of thiazole rings is 1. The van der Waals surface area contributed by atoms with E-state index in [-0.39, 0.29) is 0 Å². The summed E-state index contributed by atoms with van der Waals surface area (Å²) in [6.45, 7) is 4.37. The van der Waals surface area contributed by atoms with Crippen LogP contribution in [0, 0.1) is 0 Å². The van der Waals surface area contributed by atoms with Gasteiger partial charge in [0.1, 0.15) is 5.75 Å². The Morgan fingerprint density at radius 3 is 2.63 bits per heavy atom. The molecular weight excluding hydrogens is 354 g/mol. The highest BCUT2D eigenvalue weighted by Gasteiger charge is 2.12. The van der Waals surface area contributed by atoms with Gasteiger partial charge in [-0.2, -0.15) is 0 Å². The topological polar surface area (TPSA) is 39.4 Å². The Morgan fingerprint density at radius 2 is 1.89 bits per heavy atom. The highest BCUT2D eigenvalue weighted by atomic mass is 32.1. The number of nitrogens with zero attached hydrogens (tertiary/aromatic N) is 3. The fraction of sp³-hybridized carbons (Fsp3) is 0.182. The van der Waals surface area contributed by atoms with Gasteiger partial charge in [-0.25, -0.2) is 4.99 Å². The molecule has 4 nitrogen and oxygen atoms in total. The second-order valence-corrected chi connectivity index (χ2v) is 7.45. The summed E-state index contributed by atoms with van der Waals surface area (Å²) in [6, 6.07) is 16.9. The van der Waals surface area contributed by atoms with Crippen LogP contribution >= 0.6 is 11.3 Å². The number of aromatic nitrogens is 2. The van der Waals surface area contributed by atoms with E-state index in [4.69, 9.17) is 9.73 Å². The van der Waals surface area contributed by atoms with E-state index in [1.54, 1.807) is 30.8 Å². The van der Waals surface area contributed by atoms with E-state index >= 15 is 0 Å². The van der Waals surface area contributed by atoms with E-state index in [1.165, 1.54) is 22.0 Å². The van der Waals surface area contributed by atoms with Gasteiger partial charge in [-0.3, -0.25) is 4.98 Å². The number of fused-ring (bicyclic) bond motifs is 1. The predicted octanol–water partition coefficient (Wildman–Crippen LogP) is 5.59. The van der Waals surface area contributed by atoms with Crippen LogP contribution in [0.25, 0.3) is 22.0 Å². The minimum absolute atomic E-state index is 0.299. The fourth-order valence-electron chi connectivity index (χ4n) is 3.15. The summed E-state index contributed by atoms with van der Waals surface area (Å²) in [5.74, 6) is 0.876. The number of rotatable bonds is 4. The van der Waals surface area contributed by atoms with E-state index in [0.717, 1.165) is 16.2 Å². The Kier molecular flexibility index (Phi) is 4.77. The van der Waals surface area contributed by atoms with E-state index in [1.807, 2.05) is 18.2 Å². The van der Waals surface area contributed by atoms with Crippen molar-refractivity contribution in [1.29, 1.82) is 0 Å². The Labute approximate surface area is 162 Å². The Morgan fingerprint density at radius 1 is 1.07 bits per heavy atom. The van der Waals surface area contributed by atoms with Gasteiger partial charge in [-0.05, 0) is 60.5 Å². The molecular formula is C22H21N3OS. The summed E-state index contributed by atoms with van der Waals surface area (Å²) in [4.78, 5) is 9.93. The molecule has 5 heteroatoms. The summed E-state index contributed by atoms with van der Waals surface area (Å²) >= 11 is 1.65. The van der Waals surface area contributed by atoms with Gasteiger partial charge in [0.05, 0.1) is 24.7 Å². The third-order valence-electron chi connectivity index (χ3n) is 4.47. The van der Waals surface area contributed by atoms with Gasteiger partial charge < -0.3 is 9.30 Å². The normalized spacial score (nSPS) is 12.1. The third-order valence-corrected chi connectivity index (χ3v) is 5.31. The molecule has 0 radical (unpaired) electrons.